The summed E-state index contributed by atoms with van der Waals surface area (Å²) in [4.78, 5) is 25.6. The van der Waals surface area contributed by atoms with Crippen molar-refractivity contribution in [3.05, 3.63) is 22.6 Å². The van der Waals surface area contributed by atoms with E-state index in [2.05, 4.69) is 21.2 Å². The Morgan fingerprint density at radius 3 is 2.86 bits per heavy atom. The summed E-state index contributed by atoms with van der Waals surface area (Å²) in [6.45, 7) is 2.84. The van der Waals surface area contributed by atoms with Gasteiger partial charge in [0.05, 0.1) is 12.1 Å². The van der Waals surface area contributed by atoms with Gasteiger partial charge in [-0.2, -0.15) is 0 Å². The Morgan fingerprint density at radius 1 is 1.43 bits per heavy atom. The quantitative estimate of drug-likeness (QED) is 0.858. The Labute approximate surface area is 131 Å². The number of carbonyl (C=O) groups excluding carboxylic acids is 2. The highest BCUT2D eigenvalue weighted by atomic mass is 79.9. The van der Waals surface area contributed by atoms with Crippen molar-refractivity contribution in [2.45, 2.75) is 31.8 Å². The molecule has 0 radical (unpaired) electrons. The maximum Gasteiger partial charge on any atom is 0.287 e. The second-order valence-corrected chi connectivity index (χ2v) is 6.30. The van der Waals surface area contributed by atoms with Gasteiger partial charge in [-0.15, -0.1) is 0 Å². The Bertz CT molecular complexity index is 527. The standard InChI is InChI=1S/C14H19BrN2O4/c1-14(20)5-2-7-17(8-6-14)12(18)9-16-13(19)10-3-4-11(15)21-10/h3-4,20H,2,5-9H2,1H3,(H,16,19). The Hall–Kier alpha value is -1.34. The van der Waals surface area contributed by atoms with Gasteiger partial charge in [-0.05, 0) is 54.2 Å². The van der Waals surface area contributed by atoms with E-state index in [4.69, 9.17) is 4.42 Å². The zero-order chi connectivity index (χ0) is 15.5. The van der Waals surface area contributed by atoms with Crippen LogP contribution in [0.3, 0.4) is 0 Å². The number of amides is 2. The molecule has 1 aromatic rings. The lowest BCUT2D eigenvalue weighted by atomic mass is 9.98. The van der Waals surface area contributed by atoms with Crippen LogP contribution < -0.4 is 5.32 Å². The van der Waals surface area contributed by atoms with Crippen LogP contribution in [-0.4, -0.2) is 47.1 Å². The number of rotatable bonds is 3. The minimum atomic E-state index is -0.710. The van der Waals surface area contributed by atoms with Crippen LogP contribution in [-0.2, 0) is 4.79 Å². The van der Waals surface area contributed by atoms with E-state index in [9.17, 15) is 14.7 Å². The normalized spacial score (nSPS) is 22.7. The van der Waals surface area contributed by atoms with Gasteiger partial charge in [-0.1, -0.05) is 0 Å². The monoisotopic (exact) mass is 358 g/mol. The van der Waals surface area contributed by atoms with Gasteiger partial charge in [0.25, 0.3) is 5.91 Å². The van der Waals surface area contributed by atoms with Crippen molar-refractivity contribution in [3.8, 4) is 0 Å². The fourth-order valence-electron chi connectivity index (χ4n) is 2.30. The molecular weight excluding hydrogens is 340 g/mol. The summed E-state index contributed by atoms with van der Waals surface area (Å²) in [6, 6.07) is 3.15. The first-order valence-corrected chi connectivity index (χ1v) is 7.70. The van der Waals surface area contributed by atoms with Gasteiger partial charge in [0, 0.05) is 13.1 Å². The highest BCUT2D eigenvalue weighted by Gasteiger charge is 2.27. The average molecular weight is 359 g/mol. The Kier molecular flexibility index (Phi) is 5.05. The molecule has 1 saturated heterocycles. The molecule has 2 heterocycles. The zero-order valence-electron chi connectivity index (χ0n) is 11.9. The highest BCUT2D eigenvalue weighted by Crippen LogP contribution is 2.21. The van der Waals surface area contributed by atoms with Crippen LogP contribution in [0.5, 0.6) is 0 Å². The molecule has 0 bridgehead atoms. The van der Waals surface area contributed by atoms with E-state index < -0.39 is 11.5 Å². The van der Waals surface area contributed by atoms with Crippen molar-refractivity contribution in [1.29, 1.82) is 0 Å². The summed E-state index contributed by atoms with van der Waals surface area (Å²) in [5, 5.41) is 12.5. The maximum atomic E-state index is 12.1. The van der Waals surface area contributed by atoms with Crippen molar-refractivity contribution in [2.24, 2.45) is 0 Å². The Morgan fingerprint density at radius 2 is 2.19 bits per heavy atom. The largest absolute Gasteiger partial charge is 0.444 e. The van der Waals surface area contributed by atoms with Gasteiger partial charge in [0.15, 0.2) is 10.4 Å². The molecule has 7 heteroatoms. The lowest BCUT2D eigenvalue weighted by Gasteiger charge is -2.22. The van der Waals surface area contributed by atoms with Crippen LogP contribution in [0, 0.1) is 0 Å². The highest BCUT2D eigenvalue weighted by molar-refractivity contribution is 9.10. The molecule has 2 N–H and O–H groups in total. The molecule has 0 aliphatic carbocycles. The number of likely N-dealkylation sites (tertiary alicyclic amines) is 1. The minimum Gasteiger partial charge on any atom is -0.444 e. The number of hydrogen-bond acceptors (Lipinski definition) is 4. The van der Waals surface area contributed by atoms with Crippen molar-refractivity contribution < 1.29 is 19.1 Å². The van der Waals surface area contributed by atoms with Gasteiger partial charge >= 0.3 is 0 Å². The van der Waals surface area contributed by atoms with Crippen LogP contribution in [0.1, 0.15) is 36.7 Å². The van der Waals surface area contributed by atoms with Crippen LogP contribution in [0.4, 0.5) is 0 Å². The number of halogens is 1. The summed E-state index contributed by atoms with van der Waals surface area (Å²) in [6.07, 6.45) is 2.00. The number of aliphatic hydroxyl groups is 1. The molecule has 1 atom stereocenters. The predicted octanol–water partition coefficient (Wildman–Crippen LogP) is 1.54. The third-order valence-electron chi connectivity index (χ3n) is 3.61. The first-order chi connectivity index (χ1) is 9.87. The topological polar surface area (TPSA) is 82.8 Å². The molecule has 2 rings (SSSR count). The van der Waals surface area contributed by atoms with Gasteiger partial charge in [-0.25, -0.2) is 0 Å². The maximum absolute atomic E-state index is 12.1. The lowest BCUT2D eigenvalue weighted by molar-refractivity contribution is -0.130. The summed E-state index contributed by atoms with van der Waals surface area (Å²) >= 11 is 3.12. The van der Waals surface area contributed by atoms with Crippen molar-refractivity contribution in [1.82, 2.24) is 10.2 Å². The summed E-state index contributed by atoms with van der Waals surface area (Å²) in [7, 11) is 0. The first kappa shape index (κ1) is 16.0. The molecule has 21 heavy (non-hydrogen) atoms. The molecular formula is C14H19BrN2O4. The molecule has 1 aliphatic rings. The van der Waals surface area contributed by atoms with E-state index in [1.165, 1.54) is 6.07 Å². The molecule has 1 fully saturated rings. The summed E-state index contributed by atoms with van der Waals surface area (Å²) < 4.78 is 5.58. The summed E-state index contributed by atoms with van der Waals surface area (Å²) in [5.74, 6) is -0.406. The predicted molar refractivity (Wildman–Crippen MR) is 79.8 cm³/mol. The molecule has 0 spiro atoms. The SMILES string of the molecule is CC1(O)CCCN(C(=O)CNC(=O)c2ccc(Br)o2)CC1. The number of furan rings is 1. The van der Waals surface area contributed by atoms with Crippen LogP contribution in [0.2, 0.25) is 0 Å². The fourth-order valence-corrected chi connectivity index (χ4v) is 2.61. The van der Waals surface area contributed by atoms with Crippen LogP contribution in [0.15, 0.2) is 21.2 Å². The lowest BCUT2D eigenvalue weighted by Crippen LogP contribution is -2.41. The molecule has 0 saturated carbocycles. The van der Waals surface area contributed by atoms with E-state index >= 15 is 0 Å². The van der Waals surface area contributed by atoms with Gasteiger partial charge in [0.1, 0.15) is 0 Å². The van der Waals surface area contributed by atoms with Crippen molar-refractivity contribution in [2.75, 3.05) is 19.6 Å². The second kappa shape index (κ2) is 6.62. The van der Waals surface area contributed by atoms with Gasteiger partial charge in [0.2, 0.25) is 5.91 Å². The smallest absolute Gasteiger partial charge is 0.287 e. The van der Waals surface area contributed by atoms with E-state index in [1.54, 1.807) is 17.9 Å². The molecule has 2 amide bonds. The van der Waals surface area contributed by atoms with E-state index in [1.807, 2.05) is 0 Å². The number of nitrogens with one attached hydrogen (secondary N) is 1. The summed E-state index contributed by atoms with van der Waals surface area (Å²) in [5.41, 5.74) is -0.710. The van der Waals surface area contributed by atoms with Crippen molar-refractivity contribution >= 4 is 27.7 Å². The third-order valence-corrected chi connectivity index (χ3v) is 4.04. The molecule has 1 aliphatic heterocycles. The Balaban J connectivity index is 1.83. The van der Waals surface area contributed by atoms with E-state index in [-0.39, 0.29) is 18.2 Å². The number of nitrogens with zero attached hydrogens (tertiary/aromatic N) is 1. The molecule has 1 aromatic heterocycles. The number of carbonyl (C=O) groups is 2. The molecule has 0 aromatic carbocycles. The van der Waals surface area contributed by atoms with E-state index in [0.717, 1.165) is 6.42 Å². The average Bonchev–Trinajstić information content (AvgIpc) is 2.77. The van der Waals surface area contributed by atoms with Gasteiger partial charge < -0.3 is 19.7 Å². The van der Waals surface area contributed by atoms with Gasteiger partial charge in [-0.3, -0.25) is 9.59 Å². The third kappa shape index (κ3) is 4.57. The molecule has 116 valence electrons. The first-order valence-electron chi connectivity index (χ1n) is 6.91. The zero-order valence-corrected chi connectivity index (χ0v) is 13.5. The molecule has 6 nitrogen and oxygen atoms in total. The fraction of sp³-hybridized carbons (Fsp3) is 0.571. The van der Waals surface area contributed by atoms with E-state index in [0.29, 0.717) is 30.6 Å². The second-order valence-electron chi connectivity index (χ2n) is 5.52. The molecule has 1 unspecified atom stereocenters. The minimum absolute atomic E-state index is 0.0701. The van der Waals surface area contributed by atoms with Crippen LogP contribution >= 0.6 is 15.9 Å². The van der Waals surface area contributed by atoms with Crippen molar-refractivity contribution in [3.63, 3.8) is 0 Å². The number of hydrogen-bond donors (Lipinski definition) is 2. The van der Waals surface area contributed by atoms with Crippen LogP contribution in [0.25, 0.3) is 0 Å².